The van der Waals surface area contributed by atoms with E-state index in [4.69, 9.17) is 0 Å². The maximum absolute atomic E-state index is 2.64. The molecule has 1 aliphatic heterocycles. The first kappa shape index (κ1) is 12.7. The molecule has 0 aliphatic carbocycles. The number of piperazine rings is 1. The highest BCUT2D eigenvalue weighted by atomic mass is 15.3. The van der Waals surface area contributed by atoms with Crippen molar-refractivity contribution in [1.82, 2.24) is 14.4 Å². The zero-order valence-electron chi connectivity index (χ0n) is 11.6. The molecule has 2 heterocycles. The van der Waals surface area contributed by atoms with Gasteiger partial charge in [-0.25, -0.2) is 0 Å². The zero-order chi connectivity index (χ0) is 12.4. The van der Waals surface area contributed by atoms with Gasteiger partial charge in [-0.2, -0.15) is 0 Å². The van der Waals surface area contributed by atoms with Gasteiger partial charge < -0.3 is 9.47 Å². The predicted molar refractivity (Wildman–Crippen MR) is 71.9 cm³/mol. The Bertz CT molecular complexity index is 356. The molecule has 0 saturated carbocycles. The summed E-state index contributed by atoms with van der Waals surface area (Å²) < 4.78 is 2.13. The van der Waals surface area contributed by atoms with E-state index in [9.17, 15) is 0 Å². The van der Waals surface area contributed by atoms with Gasteiger partial charge >= 0.3 is 0 Å². The van der Waals surface area contributed by atoms with Crippen molar-refractivity contribution in [3.05, 3.63) is 24.0 Å². The summed E-state index contributed by atoms with van der Waals surface area (Å²) in [6.45, 7) is 9.34. The molecule has 1 aromatic heterocycles. The normalized spacial score (nSPS) is 23.5. The van der Waals surface area contributed by atoms with Crippen molar-refractivity contribution in [2.45, 2.75) is 26.4 Å². The Kier molecular flexibility index (Phi) is 3.89. The molecule has 3 nitrogen and oxygen atoms in total. The standard InChI is InChI=1S/C14H25N3/c1-12(2)14-11-16(4)7-8-17(14)10-13-5-6-15(3)9-13/h5-6,9,12,14H,7-8,10-11H2,1-4H3. The first-order chi connectivity index (χ1) is 8.06. The second-order valence-corrected chi connectivity index (χ2v) is 5.73. The Morgan fingerprint density at radius 1 is 1.29 bits per heavy atom. The molecule has 1 saturated heterocycles. The summed E-state index contributed by atoms with van der Waals surface area (Å²) in [6.07, 6.45) is 4.37. The molecule has 3 heteroatoms. The molecule has 1 aliphatic rings. The SMILES string of the molecule is CC(C)C1CN(C)CCN1Cc1ccn(C)c1. The van der Waals surface area contributed by atoms with Crippen molar-refractivity contribution < 1.29 is 0 Å². The lowest BCUT2D eigenvalue weighted by Crippen LogP contribution is -2.53. The molecule has 96 valence electrons. The maximum Gasteiger partial charge on any atom is 0.0252 e. The number of rotatable bonds is 3. The summed E-state index contributed by atoms with van der Waals surface area (Å²) in [6, 6.07) is 2.92. The minimum absolute atomic E-state index is 0.689. The molecule has 1 aromatic rings. The van der Waals surface area contributed by atoms with Crippen LogP contribution in [0, 0.1) is 5.92 Å². The van der Waals surface area contributed by atoms with E-state index in [1.165, 1.54) is 25.2 Å². The lowest BCUT2D eigenvalue weighted by atomic mass is 9.99. The van der Waals surface area contributed by atoms with Crippen LogP contribution in [0.5, 0.6) is 0 Å². The van der Waals surface area contributed by atoms with Gasteiger partial charge in [-0.3, -0.25) is 4.90 Å². The third kappa shape index (κ3) is 3.11. The van der Waals surface area contributed by atoms with Crippen LogP contribution in [-0.4, -0.2) is 47.1 Å². The van der Waals surface area contributed by atoms with Crippen LogP contribution in [0.1, 0.15) is 19.4 Å². The third-order valence-electron chi connectivity index (χ3n) is 3.79. The summed E-state index contributed by atoms with van der Waals surface area (Å²) in [7, 11) is 4.32. The van der Waals surface area contributed by atoms with Crippen LogP contribution in [0.4, 0.5) is 0 Å². The van der Waals surface area contributed by atoms with Crippen molar-refractivity contribution in [3.63, 3.8) is 0 Å². The molecule has 0 bridgehead atoms. The average Bonchev–Trinajstić information content (AvgIpc) is 2.66. The zero-order valence-corrected chi connectivity index (χ0v) is 11.6. The second kappa shape index (κ2) is 5.23. The topological polar surface area (TPSA) is 11.4 Å². The van der Waals surface area contributed by atoms with Crippen molar-refractivity contribution in [2.75, 3.05) is 26.7 Å². The lowest BCUT2D eigenvalue weighted by Gasteiger charge is -2.42. The Morgan fingerprint density at radius 2 is 2.06 bits per heavy atom. The minimum Gasteiger partial charge on any atom is -0.357 e. The molecule has 0 amide bonds. The lowest BCUT2D eigenvalue weighted by molar-refractivity contribution is 0.0571. The number of hydrogen-bond donors (Lipinski definition) is 0. The average molecular weight is 235 g/mol. The van der Waals surface area contributed by atoms with Gasteiger partial charge in [-0.1, -0.05) is 13.8 Å². The fourth-order valence-corrected chi connectivity index (χ4v) is 2.71. The van der Waals surface area contributed by atoms with Crippen molar-refractivity contribution >= 4 is 0 Å². The molecule has 2 rings (SSSR count). The molecule has 1 fully saturated rings. The molecule has 0 N–H and O–H groups in total. The summed E-state index contributed by atoms with van der Waals surface area (Å²) >= 11 is 0. The minimum atomic E-state index is 0.689. The molecule has 1 unspecified atom stereocenters. The van der Waals surface area contributed by atoms with E-state index in [0.717, 1.165) is 12.5 Å². The maximum atomic E-state index is 2.64. The van der Waals surface area contributed by atoms with E-state index >= 15 is 0 Å². The Balaban J connectivity index is 2.02. The first-order valence-electron chi connectivity index (χ1n) is 6.59. The smallest absolute Gasteiger partial charge is 0.0252 e. The Morgan fingerprint density at radius 3 is 2.65 bits per heavy atom. The summed E-state index contributed by atoms with van der Waals surface area (Å²) in [5.74, 6) is 0.724. The van der Waals surface area contributed by atoms with E-state index in [2.05, 4.69) is 60.8 Å². The molecule has 0 spiro atoms. The van der Waals surface area contributed by atoms with Crippen LogP contribution in [0.15, 0.2) is 18.5 Å². The molecular weight excluding hydrogens is 210 g/mol. The van der Waals surface area contributed by atoms with Crippen LogP contribution < -0.4 is 0 Å². The number of likely N-dealkylation sites (N-methyl/N-ethyl adjacent to an activating group) is 1. The summed E-state index contributed by atoms with van der Waals surface area (Å²) in [5, 5.41) is 0. The van der Waals surface area contributed by atoms with Gasteiger partial charge in [0.15, 0.2) is 0 Å². The molecular formula is C14H25N3. The first-order valence-corrected chi connectivity index (χ1v) is 6.59. The number of aromatic nitrogens is 1. The van der Waals surface area contributed by atoms with E-state index in [1.54, 1.807) is 0 Å². The highest BCUT2D eigenvalue weighted by Crippen LogP contribution is 2.19. The van der Waals surface area contributed by atoms with Crippen LogP contribution in [0.3, 0.4) is 0 Å². The van der Waals surface area contributed by atoms with Gasteiger partial charge in [0.2, 0.25) is 0 Å². The predicted octanol–water partition coefficient (Wildman–Crippen LogP) is 1.80. The summed E-state index contributed by atoms with van der Waals surface area (Å²) in [5.41, 5.74) is 1.43. The Hall–Kier alpha value is -0.800. The molecule has 0 radical (unpaired) electrons. The van der Waals surface area contributed by atoms with E-state index < -0.39 is 0 Å². The second-order valence-electron chi connectivity index (χ2n) is 5.73. The van der Waals surface area contributed by atoms with Crippen LogP contribution in [0.25, 0.3) is 0 Å². The van der Waals surface area contributed by atoms with Gasteiger partial charge in [0.25, 0.3) is 0 Å². The fraction of sp³-hybridized carbons (Fsp3) is 0.714. The van der Waals surface area contributed by atoms with Gasteiger partial charge in [0, 0.05) is 51.7 Å². The number of hydrogen-bond acceptors (Lipinski definition) is 2. The van der Waals surface area contributed by atoms with Crippen LogP contribution in [-0.2, 0) is 13.6 Å². The van der Waals surface area contributed by atoms with Gasteiger partial charge in [0.1, 0.15) is 0 Å². The van der Waals surface area contributed by atoms with Crippen molar-refractivity contribution in [2.24, 2.45) is 13.0 Å². The molecule has 0 aromatic carbocycles. The van der Waals surface area contributed by atoms with E-state index in [0.29, 0.717) is 6.04 Å². The quantitative estimate of drug-likeness (QED) is 0.791. The highest BCUT2D eigenvalue weighted by molar-refractivity contribution is 5.10. The Labute approximate surface area is 105 Å². The molecule has 1 atom stereocenters. The van der Waals surface area contributed by atoms with Crippen molar-refractivity contribution in [1.29, 1.82) is 0 Å². The molecule has 17 heavy (non-hydrogen) atoms. The van der Waals surface area contributed by atoms with E-state index in [1.807, 2.05) is 0 Å². The van der Waals surface area contributed by atoms with Gasteiger partial charge in [-0.15, -0.1) is 0 Å². The van der Waals surface area contributed by atoms with E-state index in [-0.39, 0.29) is 0 Å². The monoisotopic (exact) mass is 235 g/mol. The highest BCUT2D eigenvalue weighted by Gasteiger charge is 2.27. The summed E-state index contributed by atoms with van der Waals surface area (Å²) in [4.78, 5) is 5.09. The van der Waals surface area contributed by atoms with Crippen LogP contribution in [0.2, 0.25) is 0 Å². The van der Waals surface area contributed by atoms with Crippen molar-refractivity contribution in [3.8, 4) is 0 Å². The third-order valence-corrected chi connectivity index (χ3v) is 3.79. The number of aryl methyl sites for hydroxylation is 1. The van der Waals surface area contributed by atoms with Crippen LogP contribution >= 0.6 is 0 Å². The fourth-order valence-electron chi connectivity index (χ4n) is 2.71. The van der Waals surface area contributed by atoms with Gasteiger partial charge in [0.05, 0.1) is 0 Å². The number of nitrogens with zero attached hydrogens (tertiary/aromatic N) is 3. The largest absolute Gasteiger partial charge is 0.357 e. The van der Waals surface area contributed by atoms with Gasteiger partial charge in [-0.05, 0) is 24.6 Å².